The summed E-state index contributed by atoms with van der Waals surface area (Å²) in [6.07, 6.45) is 1.72. The van der Waals surface area contributed by atoms with Crippen LogP contribution in [0.5, 0.6) is 0 Å². The molecule has 3 rings (SSSR count). The van der Waals surface area contributed by atoms with Crippen LogP contribution in [0, 0.1) is 17.3 Å². The summed E-state index contributed by atoms with van der Waals surface area (Å²) in [5, 5.41) is 7.57. The van der Waals surface area contributed by atoms with Crippen LogP contribution in [-0.2, 0) is 11.3 Å². The molecule has 4 nitrogen and oxygen atoms in total. The van der Waals surface area contributed by atoms with Crippen LogP contribution < -0.4 is 5.32 Å². The number of rotatable bonds is 5. The fourth-order valence-electron chi connectivity index (χ4n) is 3.06. The fraction of sp³-hybridized carbons (Fsp3) is 0.333. The largest absolute Gasteiger partial charge is 0.359 e. The standard InChI is InChI=1S/C18H17Cl3N2O2/c1-18(2)13(8-15(20)21)16(18)17(24)22-9-12-7-14(23-25-12)10-3-5-11(19)6-4-10/h3-8,13,16H,9H2,1-2H3,(H,22,24). The molecule has 2 aromatic rings. The smallest absolute Gasteiger partial charge is 0.224 e. The van der Waals surface area contributed by atoms with Crippen molar-refractivity contribution >= 4 is 40.7 Å². The minimum absolute atomic E-state index is 0.0388. The van der Waals surface area contributed by atoms with Crippen LogP contribution in [0.2, 0.25) is 5.02 Å². The summed E-state index contributed by atoms with van der Waals surface area (Å²) in [4.78, 5) is 12.4. The molecule has 0 aliphatic heterocycles. The molecule has 1 saturated carbocycles. The summed E-state index contributed by atoms with van der Waals surface area (Å²) >= 11 is 17.3. The van der Waals surface area contributed by atoms with E-state index in [1.165, 1.54) is 0 Å². The van der Waals surface area contributed by atoms with Crippen LogP contribution in [0.1, 0.15) is 19.6 Å². The first kappa shape index (κ1) is 18.3. The van der Waals surface area contributed by atoms with Crippen molar-refractivity contribution in [3.63, 3.8) is 0 Å². The second-order valence-electron chi connectivity index (χ2n) is 6.68. The van der Waals surface area contributed by atoms with E-state index < -0.39 is 0 Å². The Morgan fingerprint density at radius 2 is 2.00 bits per heavy atom. The Hall–Kier alpha value is -1.49. The Morgan fingerprint density at radius 3 is 2.64 bits per heavy atom. The third-order valence-electron chi connectivity index (χ3n) is 4.63. The van der Waals surface area contributed by atoms with Crippen molar-refractivity contribution in [1.82, 2.24) is 10.5 Å². The monoisotopic (exact) mass is 398 g/mol. The maximum atomic E-state index is 12.4. The SMILES string of the molecule is CC1(C)C(C=C(Cl)Cl)C1C(=O)NCc1cc(-c2ccc(Cl)cc2)no1. The maximum Gasteiger partial charge on any atom is 0.224 e. The molecule has 0 bridgehead atoms. The van der Waals surface area contributed by atoms with Gasteiger partial charge in [0, 0.05) is 16.7 Å². The molecule has 1 heterocycles. The summed E-state index contributed by atoms with van der Waals surface area (Å²) in [7, 11) is 0. The number of amides is 1. The molecular formula is C18H17Cl3N2O2. The van der Waals surface area contributed by atoms with Crippen molar-refractivity contribution in [2.45, 2.75) is 20.4 Å². The normalized spacial score (nSPS) is 20.8. The van der Waals surface area contributed by atoms with Crippen LogP contribution in [0.25, 0.3) is 11.3 Å². The van der Waals surface area contributed by atoms with E-state index in [-0.39, 0.29) is 34.2 Å². The van der Waals surface area contributed by atoms with Gasteiger partial charge >= 0.3 is 0 Å². The third-order valence-corrected chi connectivity index (χ3v) is 5.14. The second-order valence-corrected chi connectivity index (χ2v) is 8.13. The van der Waals surface area contributed by atoms with E-state index in [0.717, 1.165) is 5.56 Å². The van der Waals surface area contributed by atoms with Crippen molar-refractivity contribution in [1.29, 1.82) is 0 Å². The first-order valence-corrected chi connectivity index (χ1v) is 8.94. The molecule has 2 unspecified atom stereocenters. The molecule has 0 spiro atoms. The van der Waals surface area contributed by atoms with Crippen LogP contribution in [-0.4, -0.2) is 11.1 Å². The Balaban J connectivity index is 1.60. The van der Waals surface area contributed by atoms with Gasteiger partial charge in [0.25, 0.3) is 0 Å². The molecular weight excluding hydrogens is 383 g/mol. The molecule has 2 atom stereocenters. The fourth-order valence-corrected chi connectivity index (χ4v) is 3.46. The van der Waals surface area contributed by atoms with Gasteiger partial charge in [-0.2, -0.15) is 0 Å². The molecule has 1 aromatic carbocycles. The lowest BCUT2D eigenvalue weighted by molar-refractivity contribution is -0.123. The van der Waals surface area contributed by atoms with Gasteiger partial charge in [-0.25, -0.2) is 0 Å². The van der Waals surface area contributed by atoms with Gasteiger partial charge in [-0.3, -0.25) is 4.79 Å². The van der Waals surface area contributed by atoms with Crippen molar-refractivity contribution in [3.05, 3.63) is 51.7 Å². The quantitative estimate of drug-likeness (QED) is 0.751. The van der Waals surface area contributed by atoms with Crippen LogP contribution >= 0.6 is 34.8 Å². The lowest BCUT2D eigenvalue weighted by Crippen LogP contribution is -2.26. The molecule has 1 fully saturated rings. The average Bonchev–Trinajstić information content (AvgIpc) is 2.89. The van der Waals surface area contributed by atoms with Crippen molar-refractivity contribution in [3.8, 4) is 11.3 Å². The highest BCUT2D eigenvalue weighted by molar-refractivity contribution is 6.55. The predicted molar refractivity (Wildman–Crippen MR) is 99.3 cm³/mol. The highest BCUT2D eigenvalue weighted by Crippen LogP contribution is 2.59. The molecule has 0 saturated heterocycles. The lowest BCUT2D eigenvalue weighted by atomic mass is 10.1. The van der Waals surface area contributed by atoms with E-state index in [9.17, 15) is 4.79 Å². The molecule has 132 valence electrons. The van der Waals surface area contributed by atoms with Gasteiger partial charge < -0.3 is 9.84 Å². The van der Waals surface area contributed by atoms with Crippen molar-refractivity contribution in [2.75, 3.05) is 0 Å². The van der Waals surface area contributed by atoms with Gasteiger partial charge in [0.15, 0.2) is 5.76 Å². The van der Waals surface area contributed by atoms with Crippen LogP contribution in [0.15, 0.2) is 45.4 Å². The number of allylic oxidation sites excluding steroid dienone is 1. The number of carbonyl (C=O) groups excluding carboxylic acids is 1. The molecule has 25 heavy (non-hydrogen) atoms. The number of aromatic nitrogens is 1. The molecule has 1 amide bonds. The highest BCUT2D eigenvalue weighted by atomic mass is 35.5. The van der Waals surface area contributed by atoms with E-state index in [2.05, 4.69) is 10.5 Å². The zero-order chi connectivity index (χ0) is 18.2. The van der Waals surface area contributed by atoms with E-state index in [1.807, 2.05) is 26.0 Å². The third kappa shape index (κ3) is 4.02. The van der Waals surface area contributed by atoms with E-state index in [1.54, 1.807) is 24.3 Å². The van der Waals surface area contributed by atoms with Gasteiger partial charge in [0.2, 0.25) is 5.91 Å². The Labute approximate surface area is 161 Å². The average molecular weight is 400 g/mol. The number of hydrogen-bond donors (Lipinski definition) is 1. The Kier molecular flexibility index (Phi) is 5.14. The minimum Gasteiger partial charge on any atom is -0.359 e. The number of hydrogen-bond acceptors (Lipinski definition) is 3. The van der Waals surface area contributed by atoms with Gasteiger partial charge in [0.1, 0.15) is 10.2 Å². The molecule has 1 aliphatic rings. The minimum atomic E-state index is -0.158. The van der Waals surface area contributed by atoms with Crippen molar-refractivity contribution in [2.24, 2.45) is 17.3 Å². The van der Waals surface area contributed by atoms with E-state index in [0.29, 0.717) is 16.5 Å². The number of benzene rings is 1. The predicted octanol–water partition coefficient (Wildman–Crippen LogP) is 5.20. The van der Waals surface area contributed by atoms with Gasteiger partial charge in [-0.05, 0) is 29.5 Å². The molecule has 0 radical (unpaired) electrons. The Bertz CT molecular complexity index is 808. The maximum absolute atomic E-state index is 12.4. The Morgan fingerprint density at radius 1 is 1.32 bits per heavy atom. The van der Waals surface area contributed by atoms with Crippen molar-refractivity contribution < 1.29 is 9.32 Å². The summed E-state index contributed by atoms with van der Waals surface area (Å²) < 4.78 is 5.48. The molecule has 1 aliphatic carbocycles. The first-order valence-electron chi connectivity index (χ1n) is 7.81. The summed E-state index contributed by atoms with van der Waals surface area (Å²) in [5.74, 6) is 0.417. The van der Waals surface area contributed by atoms with Gasteiger partial charge in [-0.1, -0.05) is 65.9 Å². The number of nitrogens with zero attached hydrogens (tertiary/aromatic N) is 1. The van der Waals surface area contributed by atoms with Gasteiger partial charge in [0.05, 0.1) is 12.5 Å². The molecule has 7 heteroatoms. The molecule has 1 N–H and O–H groups in total. The van der Waals surface area contributed by atoms with E-state index >= 15 is 0 Å². The summed E-state index contributed by atoms with van der Waals surface area (Å²) in [6, 6.07) is 9.11. The first-order chi connectivity index (χ1) is 11.8. The van der Waals surface area contributed by atoms with Gasteiger partial charge in [-0.15, -0.1) is 0 Å². The second kappa shape index (κ2) is 7.02. The van der Waals surface area contributed by atoms with E-state index in [4.69, 9.17) is 39.3 Å². The summed E-state index contributed by atoms with van der Waals surface area (Å²) in [6.45, 7) is 4.31. The summed E-state index contributed by atoms with van der Waals surface area (Å²) in [5.41, 5.74) is 1.44. The lowest BCUT2D eigenvalue weighted by Gasteiger charge is -2.03. The zero-order valence-electron chi connectivity index (χ0n) is 13.7. The number of nitrogens with one attached hydrogen (secondary N) is 1. The number of carbonyl (C=O) groups is 1. The highest BCUT2D eigenvalue weighted by Gasteiger charge is 2.60. The molecule has 1 aromatic heterocycles. The number of halogens is 3. The van der Waals surface area contributed by atoms with Crippen LogP contribution in [0.4, 0.5) is 0 Å². The zero-order valence-corrected chi connectivity index (χ0v) is 16.0. The topological polar surface area (TPSA) is 55.1 Å². The van der Waals surface area contributed by atoms with Crippen LogP contribution in [0.3, 0.4) is 0 Å².